The van der Waals surface area contributed by atoms with E-state index in [4.69, 9.17) is 4.74 Å². The largest absolute Gasteiger partial charge is 0.381 e. The molecule has 94 valence electrons. The standard InChI is InChI=1S/C13H19BrN2O/c1-10-7-13(16-8-12(10)14)15-5-2-6-17-9-11-3-4-11/h7-8,11H,2-6,9H2,1H3,(H,15,16). The topological polar surface area (TPSA) is 34.1 Å². The summed E-state index contributed by atoms with van der Waals surface area (Å²) in [5, 5.41) is 3.30. The maximum atomic E-state index is 5.57. The van der Waals surface area contributed by atoms with Gasteiger partial charge in [0.05, 0.1) is 0 Å². The Balaban J connectivity index is 1.58. The summed E-state index contributed by atoms with van der Waals surface area (Å²) in [7, 11) is 0. The van der Waals surface area contributed by atoms with E-state index in [1.807, 2.05) is 6.20 Å². The molecule has 0 saturated heterocycles. The number of nitrogens with zero attached hydrogens (tertiary/aromatic N) is 1. The molecule has 1 aliphatic carbocycles. The molecular weight excluding hydrogens is 280 g/mol. The highest BCUT2D eigenvalue weighted by Gasteiger charge is 2.20. The van der Waals surface area contributed by atoms with Gasteiger partial charge in [-0.15, -0.1) is 0 Å². The molecule has 0 spiro atoms. The summed E-state index contributed by atoms with van der Waals surface area (Å²) < 4.78 is 6.62. The van der Waals surface area contributed by atoms with Crippen LogP contribution in [0, 0.1) is 12.8 Å². The van der Waals surface area contributed by atoms with Crippen molar-refractivity contribution in [3.8, 4) is 0 Å². The Morgan fingerprint density at radius 2 is 2.35 bits per heavy atom. The van der Waals surface area contributed by atoms with Crippen LogP contribution in [0.5, 0.6) is 0 Å². The van der Waals surface area contributed by atoms with Gasteiger partial charge in [-0.3, -0.25) is 0 Å². The molecule has 17 heavy (non-hydrogen) atoms. The first-order valence-electron chi connectivity index (χ1n) is 6.19. The molecule has 0 aliphatic heterocycles. The van der Waals surface area contributed by atoms with Gasteiger partial charge in [-0.05, 0) is 59.7 Å². The Morgan fingerprint density at radius 1 is 1.53 bits per heavy atom. The smallest absolute Gasteiger partial charge is 0.126 e. The van der Waals surface area contributed by atoms with Crippen LogP contribution in [0.15, 0.2) is 16.7 Å². The number of aryl methyl sites for hydroxylation is 1. The molecule has 0 radical (unpaired) electrons. The SMILES string of the molecule is Cc1cc(NCCCOCC2CC2)ncc1Br. The number of nitrogens with one attached hydrogen (secondary N) is 1. The molecule has 1 aromatic heterocycles. The number of rotatable bonds is 7. The second-order valence-corrected chi connectivity index (χ2v) is 5.47. The van der Waals surface area contributed by atoms with Gasteiger partial charge in [0.15, 0.2) is 0 Å². The van der Waals surface area contributed by atoms with E-state index in [9.17, 15) is 0 Å². The van der Waals surface area contributed by atoms with Crippen molar-refractivity contribution in [3.05, 3.63) is 22.3 Å². The van der Waals surface area contributed by atoms with Crippen molar-refractivity contribution >= 4 is 21.7 Å². The second kappa shape index (κ2) is 6.36. The van der Waals surface area contributed by atoms with Crippen LogP contribution in [0.1, 0.15) is 24.8 Å². The van der Waals surface area contributed by atoms with Crippen molar-refractivity contribution in [2.24, 2.45) is 5.92 Å². The lowest BCUT2D eigenvalue weighted by molar-refractivity contribution is 0.124. The number of anilines is 1. The van der Waals surface area contributed by atoms with Crippen LogP contribution in [0.4, 0.5) is 5.82 Å². The Kier molecular flexibility index (Phi) is 4.80. The van der Waals surface area contributed by atoms with Crippen molar-refractivity contribution in [1.82, 2.24) is 4.98 Å². The van der Waals surface area contributed by atoms with Crippen molar-refractivity contribution < 1.29 is 4.74 Å². The molecule has 0 unspecified atom stereocenters. The third-order valence-electron chi connectivity index (χ3n) is 2.87. The Morgan fingerprint density at radius 3 is 3.06 bits per heavy atom. The molecule has 4 heteroatoms. The summed E-state index contributed by atoms with van der Waals surface area (Å²) >= 11 is 3.44. The number of aromatic nitrogens is 1. The third-order valence-corrected chi connectivity index (χ3v) is 3.70. The van der Waals surface area contributed by atoms with Crippen molar-refractivity contribution in [3.63, 3.8) is 0 Å². The zero-order valence-corrected chi connectivity index (χ0v) is 11.8. The van der Waals surface area contributed by atoms with Gasteiger partial charge >= 0.3 is 0 Å². The summed E-state index contributed by atoms with van der Waals surface area (Å²) in [6.07, 6.45) is 5.59. The van der Waals surface area contributed by atoms with Crippen LogP contribution in [0.25, 0.3) is 0 Å². The lowest BCUT2D eigenvalue weighted by Gasteiger charge is -2.07. The van der Waals surface area contributed by atoms with Crippen LogP contribution in [0.3, 0.4) is 0 Å². The molecule has 0 amide bonds. The second-order valence-electron chi connectivity index (χ2n) is 4.62. The normalized spacial score (nSPS) is 14.9. The van der Waals surface area contributed by atoms with E-state index in [1.54, 1.807) is 0 Å². The first kappa shape index (κ1) is 12.8. The monoisotopic (exact) mass is 298 g/mol. The number of hydrogen-bond donors (Lipinski definition) is 1. The van der Waals surface area contributed by atoms with Gasteiger partial charge in [-0.1, -0.05) is 0 Å². The van der Waals surface area contributed by atoms with E-state index in [-0.39, 0.29) is 0 Å². The molecule has 0 atom stereocenters. The minimum atomic E-state index is 0.846. The van der Waals surface area contributed by atoms with E-state index < -0.39 is 0 Å². The first-order chi connectivity index (χ1) is 8.25. The molecule has 1 aromatic rings. The molecule has 0 aromatic carbocycles. The van der Waals surface area contributed by atoms with Gasteiger partial charge in [-0.25, -0.2) is 4.98 Å². The van der Waals surface area contributed by atoms with Crippen LogP contribution >= 0.6 is 15.9 Å². The minimum Gasteiger partial charge on any atom is -0.381 e. The molecule has 1 fully saturated rings. The molecule has 0 bridgehead atoms. The fourth-order valence-electron chi connectivity index (χ4n) is 1.56. The van der Waals surface area contributed by atoms with Gasteiger partial charge in [0.1, 0.15) is 5.82 Å². The van der Waals surface area contributed by atoms with Crippen molar-refractivity contribution in [2.75, 3.05) is 25.1 Å². The lowest BCUT2D eigenvalue weighted by Crippen LogP contribution is -2.08. The third kappa shape index (κ3) is 4.64. The number of ether oxygens (including phenoxy) is 1. The number of hydrogen-bond acceptors (Lipinski definition) is 3. The highest BCUT2D eigenvalue weighted by Crippen LogP contribution is 2.28. The molecule has 1 N–H and O–H groups in total. The quantitative estimate of drug-likeness (QED) is 0.784. The number of pyridine rings is 1. The first-order valence-corrected chi connectivity index (χ1v) is 6.99. The van der Waals surface area contributed by atoms with Crippen LogP contribution in [0.2, 0.25) is 0 Å². The fourth-order valence-corrected chi connectivity index (χ4v) is 1.78. The molecular formula is C13H19BrN2O. The van der Waals surface area contributed by atoms with E-state index in [1.165, 1.54) is 18.4 Å². The Bertz CT molecular complexity index is 366. The predicted octanol–water partition coefficient (Wildman–Crippen LogP) is 3.38. The van der Waals surface area contributed by atoms with Gasteiger partial charge in [0, 0.05) is 30.4 Å². The van der Waals surface area contributed by atoms with Crippen LogP contribution in [-0.2, 0) is 4.74 Å². The zero-order chi connectivity index (χ0) is 12.1. The molecule has 1 aliphatic rings. The fraction of sp³-hybridized carbons (Fsp3) is 0.615. The maximum absolute atomic E-state index is 5.57. The summed E-state index contributed by atoms with van der Waals surface area (Å²) in [4.78, 5) is 4.30. The van der Waals surface area contributed by atoms with Crippen LogP contribution < -0.4 is 5.32 Å². The average molecular weight is 299 g/mol. The summed E-state index contributed by atoms with van der Waals surface area (Å²) in [6.45, 7) is 4.78. The lowest BCUT2D eigenvalue weighted by atomic mass is 10.3. The van der Waals surface area contributed by atoms with E-state index in [0.717, 1.165) is 42.4 Å². The molecule has 1 heterocycles. The molecule has 1 saturated carbocycles. The summed E-state index contributed by atoms with van der Waals surface area (Å²) in [5.74, 6) is 1.80. The van der Waals surface area contributed by atoms with Gasteiger partial charge < -0.3 is 10.1 Å². The Labute approximate surface area is 111 Å². The molecule has 2 rings (SSSR count). The Hall–Kier alpha value is -0.610. The van der Waals surface area contributed by atoms with Gasteiger partial charge in [-0.2, -0.15) is 0 Å². The van der Waals surface area contributed by atoms with Crippen molar-refractivity contribution in [1.29, 1.82) is 0 Å². The maximum Gasteiger partial charge on any atom is 0.126 e. The van der Waals surface area contributed by atoms with Gasteiger partial charge in [0.2, 0.25) is 0 Å². The average Bonchev–Trinajstić information content (AvgIpc) is 3.12. The predicted molar refractivity (Wildman–Crippen MR) is 73.3 cm³/mol. The van der Waals surface area contributed by atoms with E-state index in [2.05, 4.69) is 39.2 Å². The van der Waals surface area contributed by atoms with Crippen LogP contribution in [-0.4, -0.2) is 24.7 Å². The minimum absolute atomic E-state index is 0.846. The zero-order valence-electron chi connectivity index (χ0n) is 10.2. The highest BCUT2D eigenvalue weighted by atomic mass is 79.9. The number of halogens is 1. The summed E-state index contributed by atoms with van der Waals surface area (Å²) in [6, 6.07) is 2.05. The summed E-state index contributed by atoms with van der Waals surface area (Å²) in [5.41, 5.74) is 1.20. The van der Waals surface area contributed by atoms with E-state index >= 15 is 0 Å². The van der Waals surface area contributed by atoms with Crippen molar-refractivity contribution in [2.45, 2.75) is 26.2 Å². The van der Waals surface area contributed by atoms with Gasteiger partial charge in [0.25, 0.3) is 0 Å². The molecule has 3 nitrogen and oxygen atoms in total. The highest BCUT2D eigenvalue weighted by molar-refractivity contribution is 9.10. The van der Waals surface area contributed by atoms with E-state index in [0.29, 0.717) is 0 Å².